The van der Waals surface area contributed by atoms with E-state index in [0.29, 0.717) is 5.56 Å². The Bertz CT molecular complexity index is 612. The number of rotatable bonds is 3. The van der Waals surface area contributed by atoms with Crippen molar-refractivity contribution in [3.8, 4) is 12.5 Å². The maximum Gasteiger partial charge on any atom is 0.330 e. The molecule has 2 rings (SSSR count). The number of aliphatic hydroxyl groups excluding tert-OH is 1. The Labute approximate surface area is 108 Å². The van der Waals surface area contributed by atoms with Gasteiger partial charge in [-0.3, -0.25) is 14.3 Å². The Morgan fingerprint density at radius 2 is 2.42 bits per heavy atom. The van der Waals surface area contributed by atoms with Crippen LogP contribution >= 0.6 is 0 Å². The average molecular weight is 266 g/mol. The highest BCUT2D eigenvalue weighted by atomic mass is 16.6. The quantitative estimate of drug-likeness (QED) is 0.692. The summed E-state index contributed by atoms with van der Waals surface area (Å²) in [6.45, 7) is 1.63. The molecule has 2 heterocycles. The molecule has 1 unspecified atom stereocenters. The van der Waals surface area contributed by atoms with Crippen molar-refractivity contribution >= 4 is 0 Å². The Balaban J connectivity index is 2.21. The molecule has 0 aromatic carbocycles. The van der Waals surface area contributed by atoms with Crippen LogP contribution in [-0.2, 0) is 9.47 Å². The van der Waals surface area contributed by atoms with Crippen LogP contribution in [0.2, 0.25) is 0 Å². The first-order chi connectivity index (χ1) is 9.02. The fourth-order valence-electron chi connectivity index (χ4n) is 1.97. The minimum atomic E-state index is -0.780. The number of H-pyrrole nitrogens is 1. The summed E-state index contributed by atoms with van der Waals surface area (Å²) in [5.41, 5.74) is -0.626. The zero-order valence-electron chi connectivity index (χ0n) is 10.3. The van der Waals surface area contributed by atoms with E-state index in [4.69, 9.17) is 15.9 Å². The van der Waals surface area contributed by atoms with Gasteiger partial charge in [0.25, 0.3) is 5.56 Å². The molecule has 1 fully saturated rings. The predicted molar refractivity (Wildman–Crippen MR) is 65.4 cm³/mol. The summed E-state index contributed by atoms with van der Waals surface area (Å²) in [7, 11) is 0. The van der Waals surface area contributed by atoms with Crippen molar-refractivity contribution in [2.24, 2.45) is 0 Å². The summed E-state index contributed by atoms with van der Waals surface area (Å²) in [5, 5.41) is 9.80. The Morgan fingerprint density at radius 3 is 3.11 bits per heavy atom. The number of nitrogens with zero attached hydrogens (tertiary/aromatic N) is 1. The van der Waals surface area contributed by atoms with Crippen LogP contribution in [0.4, 0.5) is 0 Å². The highest BCUT2D eigenvalue weighted by Gasteiger charge is 2.35. The third-order valence-electron chi connectivity index (χ3n) is 2.99. The van der Waals surface area contributed by atoms with Gasteiger partial charge < -0.3 is 14.6 Å². The van der Waals surface area contributed by atoms with Crippen LogP contribution in [0.25, 0.3) is 0 Å². The number of hydrogen-bond acceptors (Lipinski definition) is 5. The van der Waals surface area contributed by atoms with Crippen molar-refractivity contribution in [1.29, 1.82) is 0 Å². The van der Waals surface area contributed by atoms with E-state index in [1.165, 1.54) is 10.8 Å². The van der Waals surface area contributed by atoms with Crippen molar-refractivity contribution in [2.75, 3.05) is 6.61 Å². The van der Waals surface area contributed by atoms with E-state index in [-0.39, 0.29) is 13.0 Å². The highest BCUT2D eigenvalue weighted by Crippen LogP contribution is 2.27. The largest absolute Gasteiger partial charge is 0.444 e. The van der Waals surface area contributed by atoms with Crippen molar-refractivity contribution in [1.82, 2.24) is 9.55 Å². The number of ether oxygens (including phenoxy) is 2. The van der Waals surface area contributed by atoms with Gasteiger partial charge in [-0.2, -0.15) is 0 Å². The van der Waals surface area contributed by atoms with Crippen molar-refractivity contribution in [2.45, 2.75) is 31.8 Å². The second-order valence-corrected chi connectivity index (χ2v) is 4.34. The summed E-state index contributed by atoms with van der Waals surface area (Å²) in [6.07, 6.45) is 6.55. The van der Waals surface area contributed by atoms with Gasteiger partial charge in [0.15, 0.2) is 0 Å². The van der Waals surface area contributed by atoms with Crippen LogP contribution in [0.15, 0.2) is 15.8 Å². The number of aromatic amines is 1. The normalized spacial score (nSPS) is 26.1. The molecule has 0 amide bonds. The smallest absolute Gasteiger partial charge is 0.330 e. The second-order valence-electron chi connectivity index (χ2n) is 4.34. The molecule has 102 valence electrons. The van der Waals surface area contributed by atoms with Gasteiger partial charge in [0.05, 0.1) is 6.10 Å². The van der Waals surface area contributed by atoms with E-state index in [0.717, 1.165) is 0 Å². The van der Waals surface area contributed by atoms with Gasteiger partial charge in [0, 0.05) is 18.2 Å². The first-order valence-electron chi connectivity index (χ1n) is 5.76. The van der Waals surface area contributed by atoms with Gasteiger partial charge in [0.1, 0.15) is 25.0 Å². The molecule has 1 aliphatic heterocycles. The molecule has 1 aromatic rings. The summed E-state index contributed by atoms with van der Waals surface area (Å²) >= 11 is 0. The monoisotopic (exact) mass is 266 g/mol. The Morgan fingerprint density at radius 1 is 1.68 bits per heavy atom. The molecule has 2 N–H and O–H groups in total. The summed E-state index contributed by atoms with van der Waals surface area (Å²) < 4.78 is 11.5. The molecule has 0 radical (unpaired) electrons. The number of aliphatic hydroxyl groups is 1. The molecule has 0 saturated carbocycles. The van der Waals surface area contributed by atoms with Crippen LogP contribution in [0.3, 0.4) is 0 Å². The molecular formula is C12H14N2O5. The second kappa shape index (κ2) is 5.30. The van der Waals surface area contributed by atoms with E-state index in [9.17, 15) is 14.7 Å². The number of aromatic nitrogens is 2. The lowest BCUT2D eigenvalue weighted by molar-refractivity contribution is -0.0458. The third-order valence-corrected chi connectivity index (χ3v) is 2.99. The van der Waals surface area contributed by atoms with Gasteiger partial charge in [-0.1, -0.05) is 6.42 Å². The van der Waals surface area contributed by atoms with Crippen LogP contribution in [0, 0.1) is 19.5 Å². The van der Waals surface area contributed by atoms with Gasteiger partial charge in [0.2, 0.25) is 0 Å². The number of terminal acetylenes is 1. The molecule has 0 aliphatic carbocycles. The molecule has 19 heavy (non-hydrogen) atoms. The lowest BCUT2D eigenvalue weighted by Crippen LogP contribution is -2.33. The minimum Gasteiger partial charge on any atom is -0.444 e. The zero-order valence-corrected chi connectivity index (χ0v) is 10.3. The predicted octanol–water partition coefficient (Wildman–Crippen LogP) is -0.899. The zero-order chi connectivity index (χ0) is 14.0. The van der Waals surface area contributed by atoms with Gasteiger partial charge in [-0.15, -0.1) is 0 Å². The molecule has 7 nitrogen and oxygen atoms in total. The fraction of sp³-hybridized carbons (Fsp3) is 0.500. The summed E-state index contributed by atoms with van der Waals surface area (Å²) in [5.74, 6) is 0. The van der Waals surface area contributed by atoms with Gasteiger partial charge in [-0.25, -0.2) is 4.79 Å². The van der Waals surface area contributed by atoms with E-state index in [1.54, 1.807) is 6.92 Å². The first-order valence-corrected chi connectivity index (χ1v) is 5.76. The first kappa shape index (κ1) is 13.4. The van der Waals surface area contributed by atoms with Crippen LogP contribution in [-0.4, -0.2) is 33.5 Å². The molecule has 1 aliphatic rings. The summed E-state index contributed by atoms with van der Waals surface area (Å²) in [4.78, 5) is 25.1. The van der Waals surface area contributed by atoms with Crippen LogP contribution in [0.1, 0.15) is 18.2 Å². The maximum absolute atomic E-state index is 11.7. The van der Waals surface area contributed by atoms with Crippen molar-refractivity contribution in [3.63, 3.8) is 0 Å². The van der Waals surface area contributed by atoms with Crippen LogP contribution in [0.5, 0.6) is 0 Å². The van der Waals surface area contributed by atoms with Crippen LogP contribution < -0.4 is 11.2 Å². The van der Waals surface area contributed by atoms with Crippen molar-refractivity contribution in [3.05, 3.63) is 32.6 Å². The summed E-state index contributed by atoms with van der Waals surface area (Å²) in [6, 6.07) is 0. The highest BCUT2D eigenvalue weighted by molar-refractivity contribution is 5.02. The van der Waals surface area contributed by atoms with E-state index < -0.39 is 29.7 Å². The standard InChI is InChI=1S/C12H14N2O5/c1-3-18-6-9-8(15)4-10(19-9)14-5-7(2)11(16)13-12(14)17/h1,5,8-10,15H,4,6H2,2H3,(H,13,16,17)/t8?,9-,10-/m1/s1. The Kier molecular flexibility index (Phi) is 3.74. The van der Waals surface area contributed by atoms with Gasteiger partial charge >= 0.3 is 5.69 Å². The lowest BCUT2D eigenvalue weighted by Gasteiger charge is -2.15. The molecule has 7 heteroatoms. The molecule has 3 atom stereocenters. The Hall–Kier alpha value is -2.04. The van der Waals surface area contributed by atoms with Crippen molar-refractivity contribution < 1.29 is 14.6 Å². The fourth-order valence-corrected chi connectivity index (χ4v) is 1.97. The van der Waals surface area contributed by atoms with E-state index >= 15 is 0 Å². The third kappa shape index (κ3) is 2.70. The topological polar surface area (TPSA) is 93.5 Å². The number of hydrogen-bond donors (Lipinski definition) is 2. The minimum absolute atomic E-state index is 0.0469. The SMILES string of the molecule is C#COC[C@H]1O[C@@H](n2cc(C)c(=O)[nH]c2=O)CC1O. The molecule has 0 spiro atoms. The molecule has 1 saturated heterocycles. The average Bonchev–Trinajstić information content (AvgIpc) is 2.72. The van der Waals surface area contributed by atoms with Gasteiger partial charge in [-0.05, 0) is 6.92 Å². The number of nitrogens with one attached hydrogen (secondary N) is 1. The van der Waals surface area contributed by atoms with E-state index in [2.05, 4.69) is 4.98 Å². The molecule has 1 aromatic heterocycles. The lowest BCUT2D eigenvalue weighted by atomic mass is 10.2. The molecule has 0 bridgehead atoms. The van der Waals surface area contributed by atoms with E-state index in [1.807, 2.05) is 6.11 Å². The molecular weight excluding hydrogens is 252 g/mol. The number of aryl methyl sites for hydroxylation is 1. The maximum atomic E-state index is 11.7.